The van der Waals surface area contributed by atoms with Crippen molar-refractivity contribution in [3.63, 3.8) is 0 Å². The SMILES string of the molecule is CCNC(C)(COc1cc(OC)ccc1[N+](=O)[O-])C(=O)O. The minimum absolute atomic E-state index is 0.0373. The smallest absolute Gasteiger partial charge is 0.327 e. The quantitative estimate of drug-likeness (QED) is 0.551. The van der Waals surface area contributed by atoms with Crippen LogP contribution in [0.3, 0.4) is 0 Å². The Morgan fingerprint density at radius 1 is 1.52 bits per heavy atom. The standard InChI is InChI=1S/C13H18N2O6/c1-4-14-13(2,12(16)17)8-21-11-7-9(20-3)5-6-10(11)15(18)19/h5-7,14H,4,8H2,1-3H3,(H,16,17). The van der Waals surface area contributed by atoms with Crippen molar-refractivity contribution in [1.82, 2.24) is 5.32 Å². The molecule has 21 heavy (non-hydrogen) atoms. The molecule has 1 aromatic carbocycles. The molecule has 0 aromatic heterocycles. The normalized spacial score (nSPS) is 13.3. The van der Waals surface area contributed by atoms with Gasteiger partial charge in [-0.25, -0.2) is 0 Å². The van der Waals surface area contributed by atoms with Crippen molar-refractivity contribution in [3.05, 3.63) is 28.3 Å². The maximum absolute atomic E-state index is 11.3. The van der Waals surface area contributed by atoms with Gasteiger partial charge in [-0.2, -0.15) is 0 Å². The molecule has 0 saturated carbocycles. The third-order valence-corrected chi connectivity index (χ3v) is 2.92. The van der Waals surface area contributed by atoms with Crippen LogP contribution < -0.4 is 14.8 Å². The van der Waals surface area contributed by atoms with Gasteiger partial charge in [-0.05, 0) is 19.5 Å². The lowest BCUT2D eigenvalue weighted by Crippen LogP contribution is -2.53. The summed E-state index contributed by atoms with van der Waals surface area (Å²) in [6.45, 7) is 3.37. The first-order valence-corrected chi connectivity index (χ1v) is 6.27. The molecule has 1 unspecified atom stereocenters. The van der Waals surface area contributed by atoms with Crippen LogP contribution in [0.25, 0.3) is 0 Å². The fourth-order valence-electron chi connectivity index (χ4n) is 1.69. The maximum Gasteiger partial charge on any atom is 0.327 e. The molecular formula is C13H18N2O6. The number of nitro benzene ring substituents is 1. The minimum atomic E-state index is -1.34. The molecule has 8 heteroatoms. The summed E-state index contributed by atoms with van der Waals surface area (Å²) in [6.07, 6.45) is 0. The molecule has 0 bridgehead atoms. The molecule has 0 saturated heterocycles. The van der Waals surface area contributed by atoms with Crippen LogP contribution in [0.1, 0.15) is 13.8 Å². The molecule has 1 aromatic rings. The van der Waals surface area contributed by atoms with Crippen LogP contribution >= 0.6 is 0 Å². The lowest BCUT2D eigenvalue weighted by atomic mass is 10.0. The molecule has 1 atom stereocenters. The van der Waals surface area contributed by atoms with E-state index in [9.17, 15) is 20.0 Å². The van der Waals surface area contributed by atoms with Gasteiger partial charge in [0, 0.05) is 12.1 Å². The Labute approximate surface area is 121 Å². The summed E-state index contributed by atoms with van der Waals surface area (Å²) in [6, 6.07) is 4.04. The number of benzene rings is 1. The Balaban J connectivity index is 3.00. The van der Waals surface area contributed by atoms with Crippen molar-refractivity contribution in [3.8, 4) is 11.5 Å². The number of hydrogen-bond acceptors (Lipinski definition) is 6. The van der Waals surface area contributed by atoms with E-state index in [-0.39, 0.29) is 18.0 Å². The molecule has 0 amide bonds. The Bertz CT molecular complexity index is 533. The predicted octanol–water partition coefficient (Wildman–Crippen LogP) is 1.44. The topological polar surface area (TPSA) is 111 Å². The molecule has 0 aliphatic rings. The molecule has 2 N–H and O–H groups in total. The van der Waals surface area contributed by atoms with Crippen LogP contribution in [0.4, 0.5) is 5.69 Å². The molecule has 0 fully saturated rings. The first-order chi connectivity index (χ1) is 9.84. The highest BCUT2D eigenvalue weighted by Crippen LogP contribution is 2.31. The highest BCUT2D eigenvalue weighted by atomic mass is 16.6. The van der Waals surface area contributed by atoms with E-state index in [0.29, 0.717) is 12.3 Å². The van der Waals surface area contributed by atoms with Crippen molar-refractivity contribution >= 4 is 11.7 Å². The van der Waals surface area contributed by atoms with Gasteiger partial charge in [0.25, 0.3) is 0 Å². The summed E-state index contributed by atoms with van der Waals surface area (Å²) in [5, 5.41) is 23.0. The van der Waals surface area contributed by atoms with E-state index < -0.39 is 16.4 Å². The molecule has 8 nitrogen and oxygen atoms in total. The van der Waals surface area contributed by atoms with Crippen molar-refractivity contribution < 1.29 is 24.3 Å². The average molecular weight is 298 g/mol. The van der Waals surface area contributed by atoms with E-state index in [1.165, 1.54) is 32.2 Å². The van der Waals surface area contributed by atoms with Gasteiger partial charge in [0.1, 0.15) is 17.9 Å². The molecule has 0 radical (unpaired) electrons. The molecule has 0 aliphatic carbocycles. The van der Waals surface area contributed by atoms with E-state index in [1.54, 1.807) is 6.92 Å². The monoisotopic (exact) mass is 298 g/mol. The molecule has 1 rings (SSSR count). The number of carbonyl (C=O) groups is 1. The zero-order valence-electron chi connectivity index (χ0n) is 12.1. The van der Waals surface area contributed by atoms with E-state index >= 15 is 0 Å². The van der Waals surface area contributed by atoms with E-state index in [1.807, 2.05) is 0 Å². The molecule has 116 valence electrons. The number of aliphatic carboxylic acids is 1. The predicted molar refractivity (Wildman–Crippen MR) is 74.9 cm³/mol. The summed E-state index contributed by atoms with van der Waals surface area (Å²) in [4.78, 5) is 21.6. The van der Waals surface area contributed by atoms with Crippen molar-refractivity contribution in [2.75, 3.05) is 20.3 Å². The van der Waals surface area contributed by atoms with Gasteiger partial charge in [-0.1, -0.05) is 6.92 Å². The lowest BCUT2D eigenvalue weighted by molar-refractivity contribution is -0.385. The number of likely N-dealkylation sites (N-methyl/N-ethyl adjacent to an activating group) is 1. The van der Waals surface area contributed by atoms with Crippen LogP contribution in [0.5, 0.6) is 11.5 Å². The van der Waals surface area contributed by atoms with Gasteiger partial charge < -0.3 is 14.6 Å². The van der Waals surface area contributed by atoms with Crippen LogP contribution in [0.2, 0.25) is 0 Å². The number of nitrogens with one attached hydrogen (secondary N) is 1. The average Bonchev–Trinajstić information content (AvgIpc) is 2.44. The largest absolute Gasteiger partial charge is 0.497 e. The van der Waals surface area contributed by atoms with Gasteiger partial charge in [0.15, 0.2) is 0 Å². The van der Waals surface area contributed by atoms with Gasteiger partial charge >= 0.3 is 11.7 Å². The van der Waals surface area contributed by atoms with Crippen LogP contribution in [-0.2, 0) is 4.79 Å². The highest BCUT2D eigenvalue weighted by Gasteiger charge is 2.34. The van der Waals surface area contributed by atoms with E-state index in [4.69, 9.17) is 9.47 Å². The summed E-state index contributed by atoms with van der Waals surface area (Å²) in [7, 11) is 1.42. The summed E-state index contributed by atoms with van der Waals surface area (Å²) >= 11 is 0. The third-order valence-electron chi connectivity index (χ3n) is 2.92. The van der Waals surface area contributed by atoms with Crippen molar-refractivity contribution in [2.24, 2.45) is 0 Å². The number of ether oxygens (including phenoxy) is 2. The van der Waals surface area contributed by atoms with Crippen LogP contribution in [0, 0.1) is 10.1 Å². The van der Waals surface area contributed by atoms with E-state index in [2.05, 4.69) is 5.32 Å². The number of nitro groups is 1. The van der Waals surface area contributed by atoms with Crippen molar-refractivity contribution in [1.29, 1.82) is 0 Å². The van der Waals surface area contributed by atoms with Crippen molar-refractivity contribution in [2.45, 2.75) is 19.4 Å². The first-order valence-electron chi connectivity index (χ1n) is 6.27. The number of nitrogens with zero attached hydrogens (tertiary/aromatic N) is 1. The first kappa shape index (κ1) is 16.7. The van der Waals surface area contributed by atoms with Gasteiger partial charge in [0.2, 0.25) is 5.75 Å². The Hall–Kier alpha value is -2.35. The van der Waals surface area contributed by atoms with Gasteiger partial charge in [0.05, 0.1) is 12.0 Å². The zero-order chi connectivity index (χ0) is 16.0. The number of carboxylic acids is 1. The van der Waals surface area contributed by atoms with Crippen LogP contribution in [0.15, 0.2) is 18.2 Å². The van der Waals surface area contributed by atoms with E-state index in [0.717, 1.165) is 0 Å². The third kappa shape index (κ3) is 4.06. The van der Waals surface area contributed by atoms with Gasteiger partial charge in [-0.15, -0.1) is 0 Å². The Kier molecular flexibility index (Phi) is 5.48. The van der Waals surface area contributed by atoms with Gasteiger partial charge in [-0.3, -0.25) is 20.2 Å². The number of carboxylic acid groups (broad SMARTS) is 1. The zero-order valence-corrected chi connectivity index (χ0v) is 12.1. The fraction of sp³-hybridized carbons (Fsp3) is 0.462. The summed E-state index contributed by atoms with van der Waals surface area (Å²) < 4.78 is 10.3. The maximum atomic E-state index is 11.3. The minimum Gasteiger partial charge on any atom is -0.497 e. The second kappa shape index (κ2) is 6.89. The molecule has 0 aliphatic heterocycles. The number of methoxy groups -OCH3 is 1. The summed E-state index contributed by atoms with van der Waals surface area (Å²) in [5.41, 5.74) is -1.59. The number of hydrogen-bond donors (Lipinski definition) is 2. The Morgan fingerprint density at radius 2 is 2.19 bits per heavy atom. The molecular weight excluding hydrogens is 280 g/mol. The second-order valence-corrected chi connectivity index (χ2v) is 4.55. The molecule has 0 heterocycles. The second-order valence-electron chi connectivity index (χ2n) is 4.55. The summed E-state index contributed by atoms with van der Waals surface area (Å²) in [5.74, 6) is -0.754. The van der Waals surface area contributed by atoms with Crippen LogP contribution in [-0.4, -0.2) is 41.8 Å². The molecule has 0 spiro atoms. The Morgan fingerprint density at radius 3 is 2.67 bits per heavy atom. The fourth-order valence-corrected chi connectivity index (χ4v) is 1.69. The number of rotatable bonds is 8. The highest BCUT2D eigenvalue weighted by molar-refractivity contribution is 5.78. The lowest BCUT2D eigenvalue weighted by Gasteiger charge is -2.25.